The highest BCUT2D eigenvalue weighted by molar-refractivity contribution is 7.98. The van der Waals surface area contributed by atoms with Gasteiger partial charge in [0.25, 0.3) is 10.0 Å². The zero-order chi connectivity index (χ0) is 34.1. The highest BCUT2D eigenvalue weighted by Crippen LogP contribution is 2.31. The Labute approximate surface area is 286 Å². The van der Waals surface area contributed by atoms with Gasteiger partial charge >= 0.3 is 5.97 Å². The van der Waals surface area contributed by atoms with E-state index in [9.17, 15) is 18.0 Å². The number of hydrogen-bond acceptors (Lipinski definition) is 7. The lowest BCUT2D eigenvalue weighted by Crippen LogP contribution is -2.35. The standard InChI is InChI=1S/C38H39N3O5S2/c1-4-6-21-33-39-37(47-3)35(38(43)46-5-2)41(33)26-27-22-24-28(25-23-27)31-19-13-14-20-32(31)48(44,45)40-36(42)34(29-15-9-7-10-16-29)30-17-11-8-12-18-30/h7-20,22-25,34H,4-6,21,26H2,1-3H3,(H,40,42). The van der Waals surface area contributed by atoms with Crippen LogP contribution in [0.3, 0.4) is 0 Å². The van der Waals surface area contributed by atoms with Gasteiger partial charge in [-0.1, -0.05) is 116 Å². The molecule has 1 heterocycles. The summed E-state index contributed by atoms with van der Waals surface area (Å²) in [7, 11) is -4.26. The number of amides is 1. The Morgan fingerprint density at radius 3 is 2.04 bits per heavy atom. The first-order valence-corrected chi connectivity index (χ1v) is 18.6. The summed E-state index contributed by atoms with van der Waals surface area (Å²) in [5.41, 5.74) is 3.86. The van der Waals surface area contributed by atoms with Crippen molar-refractivity contribution in [3.63, 3.8) is 0 Å². The Morgan fingerprint density at radius 2 is 1.46 bits per heavy atom. The highest BCUT2D eigenvalue weighted by atomic mass is 32.2. The van der Waals surface area contributed by atoms with Crippen LogP contribution in [0.15, 0.2) is 119 Å². The first-order chi connectivity index (χ1) is 23.3. The summed E-state index contributed by atoms with van der Waals surface area (Å²) in [5, 5.41) is 0.638. The van der Waals surface area contributed by atoms with Crippen molar-refractivity contribution in [2.75, 3.05) is 12.9 Å². The van der Waals surface area contributed by atoms with Crippen molar-refractivity contribution in [1.29, 1.82) is 0 Å². The molecule has 0 spiro atoms. The summed E-state index contributed by atoms with van der Waals surface area (Å²) in [5.74, 6) is -1.04. The molecule has 0 fully saturated rings. The Hall–Kier alpha value is -4.67. The van der Waals surface area contributed by atoms with Crippen molar-refractivity contribution in [2.45, 2.75) is 55.5 Å². The summed E-state index contributed by atoms with van der Waals surface area (Å²) in [6, 6.07) is 32.4. The van der Waals surface area contributed by atoms with Gasteiger partial charge in [-0.3, -0.25) is 4.79 Å². The lowest BCUT2D eigenvalue weighted by Gasteiger charge is -2.19. The van der Waals surface area contributed by atoms with Gasteiger partial charge < -0.3 is 9.30 Å². The van der Waals surface area contributed by atoms with E-state index in [0.29, 0.717) is 39.5 Å². The first kappa shape index (κ1) is 34.7. The Balaban J connectivity index is 1.44. The number of aromatic nitrogens is 2. The van der Waals surface area contributed by atoms with E-state index in [1.165, 1.54) is 17.8 Å². The third-order valence-corrected chi connectivity index (χ3v) is 10.1. The largest absolute Gasteiger partial charge is 0.461 e. The number of imidazole rings is 1. The molecule has 5 aromatic rings. The molecule has 0 bridgehead atoms. The van der Waals surface area contributed by atoms with Crippen molar-refractivity contribution in [2.24, 2.45) is 0 Å². The van der Waals surface area contributed by atoms with Crippen LogP contribution in [0.25, 0.3) is 11.1 Å². The normalized spacial score (nSPS) is 11.4. The average Bonchev–Trinajstić information content (AvgIpc) is 3.45. The van der Waals surface area contributed by atoms with E-state index in [1.807, 2.05) is 95.8 Å². The number of nitrogens with zero attached hydrogens (tertiary/aromatic N) is 2. The SMILES string of the molecule is CCCCc1nc(SC)c(C(=O)OCC)n1Cc1ccc(-c2ccccc2S(=O)(=O)NC(=O)C(c2ccccc2)c2ccccc2)cc1. The zero-order valence-corrected chi connectivity index (χ0v) is 28.9. The van der Waals surface area contributed by atoms with Crippen LogP contribution in [-0.4, -0.2) is 42.7 Å². The van der Waals surface area contributed by atoms with Gasteiger partial charge in [0.05, 0.1) is 17.4 Å². The highest BCUT2D eigenvalue weighted by Gasteiger charge is 2.29. The topological polar surface area (TPSA) is 107 Å². The van der Waals surface area contributed by atoms with Crippen molar-refractivity contribution in [1.82, 2.24) is 14.3 Å². The first-order valence-electron chi connectivity index (χ1n) is 15.9. The van der Waals surface area contributed by atoms with Crippen molar-refractivity contribution < 1.29 is 22.7 Å². The number of benzene rings is 4. The van der Waals surface area contributed by atoms with Crippen LogP contribution in [0.1, 0.15) is 65.6 Å². The minimum atomic E-state index is -4.26. The molecule has 48 heavy (non-hydrogen) atoms. The monoisotopic (exact) mass is 681 g/mol. The fourth-order valence-electron chi connectivity index (χ4n) is 5.65. The van der Waals surface area contributed by atoms with Crippen LogP contribution >= 0.6 is 11.8 Å². The Kier molecular flexibility index (Phi) is 11.5. The maximum absolute atomic E-state index is 13.8. The number of thioether (sulfide) groups is 1. The molecule has 4 aromatic carbocycles. The number of sulfonamides is 1. The third-order valence-electron chi connectivity index (χ3n) is 7.98. The molecular weight excluding hydrogens is 643 g/mol. The number of nitrogens with one attached hydrogen (secondary N) is 1. The molecule has 1 aromatic heterocycles. The van der Waals surface area contributed by atoms with Gasteiger partial charge in [-0.05, 0) is 47.9 Å². The summed E-state index contributed by atoms with van der Waals surface area (Å²) in [6.07, 6.45) is 4.55. The van der Waals surface area contributed by atoms with Gasteiger partial charge in [-0.15, -0.1) is 11.8 Å². The lowest BCUT2D eigenvalue weighted by atomic mass is 9.91. The summed E-state index contributed by atoms with van der Waals surface area (Å²) >= 11 is 1.42. The second-order valence-electron chi connectivity index (χ2n) is 11.2. The smallest absolute Gasteiger partial charge is 0.357 e. The van der Waals surface area contributed by atoms with E-state index in [2.05, 4.69) is 11.6 Å². The van der Waals surface area contributed by atoms with Crippen molar-refractivity contribution in [3.8, 4) is 11.1 Å². The van der Waals surface area contributed by atoms with E-state index < -0.39 is 27.8 Å². The van der Waals surface area contributed by atoms with Gasteiger partial charge in [0.15, 0.2) is 5.69 Å². The number of esters is 1. The molecule has 0 saturated heterocycles. The van der Waals surface area contributed by atoms with E-state index in [-0.39, 0.29) is 11.5 Å². The summed E-state index contributed by atoms with van der Waals surface area (Å²) in [4.78, 5) is 31.5. The number of carbonyl (C=O) groups excluding carboxylic acids is 2. The van der Waals surface area contributed by atoms with E-state index in [0.717, 1.165) is 30.7 Å². The van der Waals surface area contributed by atoms with Crippen LogP contribution in [0.2, 0.25) is 0 Å². The molecule has 0 radical (unpaired) electrons. The number of ether oxygens (including phenoxy) is 1. The number of rotatable bonds is 14. The predicted octanol–water partition coefficient (Wildman–Crippen LogP) is 7.48. The second kappa shape index (κ2) is 16.0. The molecular formula is C38H39N3O5S2. The van der Waals surface area contributed by atoms with Crippen LogP contribution in [0.4, 0.5) is 0 Å². The van der Waals surface area contributed by atoms with E-state index in [1.54, 1.807) is 25.1 Å². The quantitative estimate of drug-likeness (QED) is 0.0957. The zero-order valence-electron chi connectivity index (χ0n) is 27.3. The molecule has 10 heteroatoms. The van der Waals surface area contributed by atoms with Gasteiger partial charge in [0.2, 0.25) is 5.91 Å². The Morgan fingerprint density at radius 1 is 0.854 bits per heavy atom. The molecule has 8 nitrogen and oxygen atoms in total. The summed E-state index contributed by atoms with van der Waals surface area (Å²) in [6.45, 7) is 4.56. The predicted molar refractivity (Wildman–Crippen MR) is 190 cm³/mol. The fraction of sp³-hybridized carbons (Fsp3) is 0.237. The number of unbranched alkanes of at least 4 members (excludes halogenated alkanes) is 1. The molecule has 1 amide bonds. The number of carbonyl (C=O) groups is 2. The fourth-order valence-corrected chi connectivity index (χ4v) is 7.46. The van der Waals surface area contributed by atoms with E-state index in [4.69, 9.17) is 9.72 Å². The minimum Gasteiger partial charge on any atom is -0.461 e. The van der Waals surface area contributed by atoms with Gasteiger partial charge in [-0.2, -0.15) is 0 Å². The minimum absolute atomic E-state index is 0.00311. The van der Waals surface area contributed by atoms with Gasteiger partial charge in [0.1, 0.15) is 10.9 Å². The molecule has 5 rings (SSSR count). The Bertz CT molecular complexity index is 1920. The molecule has 0 aliphatic rings. The number of aryl methyl sites for hydroxylation is 1. The molecule has 0 atom stereocenters. The van der Waals surface area contributed by atoms with Crippen LogP contribution in [-0.2, 0) is 32.5 Å². The number of hydrogen-bond donors (Lipinski definition) is 1. The van der Waals surface area contributed by atoms with E-state index >= 15 is 0 Å². The third kappa shape index (κ3) is 7.89. The van der Waals surface area contributed by atoms with Crippen LogP contribution in [0.5, 0.6) is 0 Å². The second-order valence-corrected chi connectivity index (χ2v) is 13.7. The molecule has 1 N–H and O–H groups in total. The van der Waals surface area contributed by atoms with Crippen LogP contribution < -0.4 is 4.72 Å². The maximum Gasteiger partial charge on any atom is 0.357 e. The maximum atomic E-state index is 13.8. The molecule has 0 aliphatic heterocycles. The van der Waals surface area contributed by atoms with Gasteiger partial charge in [0, 0.05) is 18.5 Å². The molecule has 248 valence electrons. The molecule has 0 aliphatic carbocycles. The molecule has 0 unspecified atom stereocenters. The van der Waals surface area contributed by atoms with Gasteiger partial charge in [-0.25, -0.2) is 22.9 Å². The van der Waals surface area contributed by atoms with Crippen molar-refractivity contribution >= 4 is 33.7 Å². The summed E-state index contributed by atoms with van der Waals surface area (Å²) < 4.78 is 37.3. The van der Waals surface area contributed by atoms with Crippen LogP contribution in [0, 0.1) is 0 Å². The average molecular weight is 682 g/mol. The lowest BCUT2D eigenvalue weighted by molar-refractivity contribution is -0.119. The van der Waals surface area contributed by atoms with Crippen molar-refractivity contribution in [3.05, 3.63) is 137 Å². The molecule has 0 saturated carbocycles.